The van der Waals surface area contributed by atoms with E-state index >= 15 is 0 Å². The quantitative estimate of drug-likeness (QED) is 0.0795. The molecule has 5 heteroatoms. The SMILES string of the molecule is Cc1ccc(N=Cc2ccc(C(=O)OCCCCCC(=O)O[C@H]3CC[C@@]4(C)C(=CC[C@H]5[C@@H]6CC[C@H]([C@H](C)CCCC(C)C)[C@@]6(C)CC[C@@H]54)C3)cc2)cc1. The number of carbonyl (C=O) groups excluding carboxylic acids is 2. The third-order valence-corrected chi connectivity index (χ3v) is 14.4. The van der Waals surface area contributed by atoms with E-state index in [-0.39, 0.29) is 23.5 Å². The molecule has 2 aromatic carbocycles. The Morgan fingerprint density at radius 1 is 0.868 bits per heavy atom. The van der Waals surface area contributed by atoms with Crippen LogP contribution in [0.25, 0.3) is 0 Å². The fraction of sp³-hybridized carbons (Fsp3) is 0.646. The highest BCUT2D eigenvalue weighted by molar-refractivity contribution is 5.91. The van der Waals surface area contributed by atoms with Crippen molar-refractivity contribution in [3.63, 3.8) is 0 Å². The van der Waals surface area contributed by atoms with Gasteiger partial charge in [0.2, 0.25) is 0 Å². The molecule has 288 valence electrons. The first-order valence-electron chi connectivity index (χ1n) is 21.2. The number of aliphatic imine (C=N–C) groups is 1. The number of hydrogen-bond donors (Lipinski definition) is 0. The van der Waals surface area contributed by atoms with Crippen LogP contribution in [0.1, 0.15) is 152 Å². The first-order valence-corrected chi connectivity index (χ1v) is 21.2. The first-order chi connectivity index (χ1) is 25.5. The molecule has 0 amide bonds. The molecular formula is C48H67NO4. The number of rotatable bonds is 15. The summed E-state index contributed by atoms with van der Waals surface area (Å²) < 4.78 is 11.6. The molecule has 0 aliphatic heterocycles. The van der Waals surface area contributed by atoms with Gasteiger partial charge in [-0.15, -0.1) is 0 Å². The number of fused-ring (bicyclic) bond motifs is 5. The van der Waals surface area contributed by atoms with Crippen molar-refractivity contribution >= 4 is 23.8 Å². The van der Waals surface area contributed by atoms with Crippen molar-refractivity contribution in [3.8, 4) is 0 Å². The minimum absolute atomic E-state index is 0.0102. The summed E-state index contributed by atoms with van der Waals surface area (Å²) in [5, 5.41) is 0. The Bertz CT molecular complexity index is 1590. The summed E-state index contributed by atoms with van der Waals surface area (Å²) in [6.07, 6.45) is 21.2. The standard InChI is InChI=1S/C48H67NO4/c1-33(2)11-10-12-35(4)42-24-25-43-41-23-20-38-31-40(26-28-47(38,5)44(41)27-29-48(42,43)6)53-45(50)13-8-7-9-30-52-46(51)37-18-16-36(17-19-37)32-49-39-21-14-34(3)15-22-39/h14-22,32-33,35,40-44H,7-13,23-31H2,1-6H3/t35-,40+,41+,42-,43+,44+,47+,48-/m1/s1. The number of carbonyl (C=O) groups is 2. The molecule has 3 fully saturated rings. The van der Waals surface area contributed by atoms with Gasteiger partial charge in [0.15, 0.2) is 0 Å². The molecule has 3 saturated carbocycles. The van der Waals surface area contributed by atoms with Crippen molar-refractivity contribution in [2.45, 2.75) is 144 Å². The topological polar surface area (TPSA) is 65.0 Å². The van der Waals surface area contributed by atoms with E-state index in [9.17, 15) is 9.59 Å². The summed E-state index contributed by atoms with van der Waals surface area (Å²) in [6.45, 7) is 14.9. The molecule has 0 aromatic heterocycles. The Balaban J connectivity index is 0.890. The fourth-order valence-corrected chi connectivity index (χ4v) is 11.3. The van der Waals surface area contributed by atoms with E-state index in [1.54, 1.807) is 23.9 Å². The molecule has 0 spiro atoms. The first kappa shape index (κ1) is 39.5. The summed E-state index contributed by atoms with van der Waals surface area (Å²) in [6, 6.07) is 15.3. The summed E-state index contributed by atoms with van der Waals surface area (Å²) >= 11 is 0. The molecule has 5 nitrogen and oxygen atoms in total. The van der Waals surface area contributed by atoms with E-state index in [1.165, 1.54) is 56.9 Å². The summed E-state index contributed by atoms with van der Waals surface area (Å²) in [5.74, 6) is 4.63. The van der Waals surface area contributed by atoms with Crippen molar-refractivity contribution in [3.05, 3.63) is 76.9 Å². The zero-order valence-electron chi connectivity index (χ0n) is 33.7. The van der Waals surface area contributed by atoms with E-state index in [0.29, 0.717) is 24.0 Å². The van der Waals surface area contributed by atoms with Gasteiger partial charge in [0.25, 0.3) is 0 Å². The van der Waals surface area contributed by atoms with Gasteiger partial charge in [-0.3, -0.25) is 9.79 Å². The van der Waals surface area contributed by atoms with Gasteiger partial charge in [0, 0.05) is 19.1 Å². The van der Waals surface area contributed by atoms with Gasteiger partial charge in [0.05, 0.1) is 17.9 Å². The second-order valence-corrected chi connectivity index (χ2v) is 18.3. The maximum absolute atomic E-state index is 12.9. The maximum Gasteiger partial charge on any atom is 0.338 e. The van der Waals surface area contributed by atoms with Crippen molar-refractivity contribution in [1.82, 2.24) is 0 Å². The number of allylic oxidation sites excluding steroid dienone is 1. The Morgan fingerprint density at radius 3 is 2.40 bits per heavy atom. The van der Waals surface area contributed by atoms with Crippen molar-refractivity contribution in [2.24, 2.45) is 51.3 Å². The monoisotopic (exact) mass is 722 g/mol. The molecule has 53 heavy (non-hydrogen) atoms. The van der Waals surface area contributed by atoms with Crippen LogP contribution in [-0.2, 0) is 14.3 Å². The third kappa shape index (κ3) is 9.37. The normalized spacial score (nSPS) is 29.9. The zero-order valence-corrected chi connectivity index (χ0v) is 33.7. The third-order valence-electron chi connectivity index (χ3n) is 14.4. The number of ether oxygens (including phenoxy) is 2. The van der Waals surface area contributed by atoms with Crippen LogP contribution in [-0.4, -0.2) is 30.9 Å². The van der Waals surface area contributed by atoms with Crippen LogP contribution >= 0.6 is 0 Å². The number of nitrogens with zero attached hydrogens (tertiary/aromatic N) is 1. The van der Waals surface area contributed by atoms with Gasteiger partial charge in [0.1, 0.15) is 6.10 Å². The second kappa shape index (κ2) is 17.5. The van der Waals surface area contributed by atoms with Crippen LogP contribution in [0.4, 0.5) is 5.69 Å². The lowest BCUT2D eigenvalue weighted by Crippen LogP contribution is -2.51. The van der Waals surface area contributed by atoms with Gasteiger partial charge in [-0.25, -0.2) is 4.79 Å². The lowest BCUT2D eigenvalue weighted by molar-refractivity contribution is -0.151. The number of esters is 2. The van der Waals surface area contributed by atoms with Crippen LogP contribution in [0.5, 0.6) is 0 Å². The Kier molecular flexibility index (Phi) is 13.0. The van der Waals surface area contributed by atoms with E-state index in [2.05, 4.69) is 52.6 Å². The molecule has 2 aromatic rings. The van der Waals surface area contributed by atoms with Crippen molar-refractivity contribution in [2.75, 3.05) is 6.61 Å². The smallest absolute Gasteiger partial charge is 0.338 e. The molecule has 0 N–H and O–H groups in total. The minimum Gasteiger partial charge on any atom is -0.462 e. The van der Waals surface area contributed by atoms with Crippen LogP contribution in [0.3, 0.4) is 0 Å². The minimum atomic E-state index is -0.323. The Morgan fingerprint density at radius 2 is 1.64 bits per heavy atom. The zero-order chi connectivity index (χ0) is 37.6. The van der Waals surface area contributed by atoms with Gasteiger partial charge in [-0.2, -0.15) is 0 Å². The molecule has 0 saturated heterocycles. The number of unbranched alkanes of at least 4 members (excludes halogenated alkanes) is 2. The molecule has 0 unspecified atom stereocenters. The van der Waals surface area contributed by atoms with Crippen LogP contribution in [0.15, 0.2) is 65.2 Å². The maximum atomic E-state index is 12.9. The summed E-state index contributed by atoms with van der Waals surface area (Å²) in [4.78, 5) is 29.9. The van der Waals surface area contributed by atoms with Gasteiger partial charge in [-0.05, 0) is 147 Å². The molecule has 8 atom stereocenters. The predicted molar refractivity (Wildman–Crippen MR) is 217 cm³/mol. The molecule has 0 heterocycles. The molecule has 0 bridgehead atoms. The number of hydrogen-bond acceptors (Lipinski definition) is 5. The molecule has 4 aliphatic carbocycles. The average molecular weight is 722 g/mol. The highest BCUT2D eigenvalue weighted by Gasteiger charge is 2.59. The lowest BCUT2D eigenvalue weighted by Gasteiger charge is -2.58. The van der Waals surface area contributed by atoms with Gasteiger partial charge in [-0.1, -0.05) is 95.4 Å². The summed E-state index contributed by atoms with van der Waals surface area (Å²) in [7, 11) is 0. The number of benzene rings is 2. The van der Waals surface area contributed by atoms with Crippen LogP contribution in [0, 0.1) is 53.3 Å². The average Bonchev–Trinajstić information content (AvgIpc) is 3.50. The molecular weight excluding hydrogens is 655 g/mol. The van der Waals surface area contributed by atoms with Crippen molar-refractivity contribution in [1.29, 1.82) is 0 Å². The molecule has 4 aliphatic rings. The molecule has 6 rings (SSSR count). The fourth-order valence-electron chi connectivity index (χ4n) is 11.3. The lowest BCUT2D eigenvalue weighted by atomic mass is 9.47. The predicted octanol–water partition coefficient (Wildman–Crippen LogP) is 12.4. The summed E-state index contributed by atoms with van der Waals surface area (Å²) in [5.41, 5.74) is 5.90. The van der Waals surface area contributed by atoms with Crippen LogP contribution < -0.4 is 0 Å². The van der Waals surface area contributed by atoms with Crippen LogP contribution in [0.2, 0.25) is 0 Å². The van der Waals surface area contributed by atoms with Gasteiger partial charge >= 0.3 is 11.9 Å². The van der Waals surface area contributed by atoms with E-state index < -0.39 is 0 Å². The largest absolute Gasteiger partial charge is 0.462 e. The highest BCUT2D eigenvalue weighted by atomic mass is 16.5. The van der Waals surface area contributed by atoms with E-state index in [0.717, 1.165) is 85.3 Å². The van der Waals surface area contributed by atoms with Crippen molar-refractivity contribution < 1.29 is 19.1 Å². The van der Waals surface area contributed by atoms with E-state index in [4.69, 9.17) is 9.47 Å². The Hall–Kier alpha value is -3.21. The van der Waals surface area contributed by atoms with Gasteiger partial charge < -0.3 is 9.47 Å². The highest BCUT2D eigenvalue weighted by Crippen LogP contribution is 2.67. The molecule has 0 radical (unpaired) electrons. The van der Waals surface area contributed by atoms with E-state index in [1.807, 2.05) is 36.4 Å². The Labute approximate surface area is 320 Å². The second-order valence-electron chi connectivity index (χ2n) is 18.3. The number of aryl methyl sites for hydroxylation is 1.